The highest BCUT2D eigenvalue weighted by molar-refractivity contribution is 5.97. The lowest BCUT2D eigenvalue weighted by Gasteiger charge is -2.12. The van der Waals surface area contributed by atoms with Crippen molar-refractivity contribution in [3.05, 3.63) is 74.9 Å². The Balaban J connectivity index is 1.97. The molecule has 140 valence electrons. The summed E-state index contributed by atoms with van der Waals surface area (Å²) < 4.78 is 15.8. The lowest BCUT2D eigenvalue weighted by molar-refractivity contribution is -0.307. The molecule has 0 bridgehead atoms. The molecular weight excluding hydrogens is 364 g/mol. The first-order valence-corrected chi connectivity index (χ1v) is 8.37. The number of ether oxygens (including phenoxy) is 1. The van der Waals surface area contributed by atoms with Crippen LogP contribution in [0.4, 0.5) is 0 Å². The van der Waals surface area contributed by atoms with Crippen molar-refractivity contribution in [2.45, 2.75) is 6.92 Å². The number of carboxylic acid groups (broad SMARTS) is 1. The van der Waals surface area contributed by atoms with Crippen molar-refractivity contribution < 1.29 is 23.5 Å². The van der Waals surface area contributed by atoms with E-state index in [9.17, 15) is 19.5 Å². The molecule has 4 rings (SSSR count). The van der Waals surface area contributed by atoms with Crippen LogP contribution in [0.25, 0.3) is 33.1 Å². The van der Waals surface area contributed by atoms with Crippen molar-refractivity contribution in [1.29, 1.82) is 0 Å². The van der Waals surface area contributed by atoms with Crippen LogP contribution in [0.1, 0.15) is 5.56 Å². The van der Waals surface area contributed by atoms with Gasteiger partial charge >= 0.3 is 11.3 Å². The van der Waals surface area contributed by atoms with Gasteiger partial charge in [-0.25, -0.2) is 9.59 Å². The number of aryl methyl sites for hydroxylation is 1. The molecule has 28 heavy (non-hydrogen) atoms. The van der Waals surface area contributed by atoms with Gasteiger partial charge in [-0.1, -0.05) is 18.2 Å². The molecule has 2 aromatic carbocycles. The molecular formula is C21H13O7-. The van der Waals surface area contributed by atoms with E-state index in [-0.39, 0.29) is 16.9 Å². The van der Waals surface area contributed by atoms with Crippen LogP contribution in [0.15, 0.2) is 67.0 Å². The molecule has 0 saturated heterocycles. The minimum Gasteiger partial charge on any atom is -0.546 e. The van der Waals surface area contributed by atoms with E-state index in [1.54, 1.807) is 43.3 Å². The summed E-state index contributed by atoms with van der Waals surface area (Å²) in [6.07, 6.45) is 0. The fourth-order valence-electron chi connectivity index (χ4n) is 3.11. The highest BCUT2D eigenvalue weighted by Gasteiger charge is 2.16. The van der Waals surface area contributed by atoms with Crippen molar-refractivity contribution in [2.24, 2.45) is 0 Å². The van der Waals surface area contributed by atoms with Crippen LogP contribution < -0.4 is 21.1 Å². The molecule has 0 saturated carbocycles. The molecule has 0 fully saturated rings. The Bertz CT molecular complexity index is 1340. The van der Waals surface area contributed by atoms with E-state index in [2.05, 4.69) is 0 Å². The van der Waals surface area contributed by atoms with Gasteiger partial charge in [-0.15, -0.1) is 0 Å². The normalized spacial score (nSPS) is 11.0. The number of carbonyl (C=O) groups excluding carboxylic acids is 1. The van der Waals surface area contributed by atoms with E-state index in [1.165, 1.54) is 6.07 Å². The Hall–Kier alpha value is -3.87. The third-order valence-corrected chi connectivity index (χ3v) is 4.39. The average molecular weight is 377 g/mol. The van der Waals surface area contributed by atoms with E-state index in [1.807, 2.05) is 6.07 Å². The van der Waals surface area contributed by atoms with Crippen LogP contribution in [-0.2, 0) is 4.79 Å². The van der Waals surface area contributed by atoms with E-state index in [0.717, 1.165) is 0 Å². The monoisotopic (exact) mass is 377 g/mol. The first kappa shape index (κ1) is 17.5. The highest BCUT2D eigenvalue weighted by atomic mass is 16.5. The molecule has 0 spiro atoms. The van der Waals surface area contributed by atoms with Crippen LogP contribution >= 0.6 is 0 Å². The van der Waals surface area contributed by atoms with E-state index >= 15 is 0 Å². The van der Waals surface area contributed by atoms with Gasteiger partial charge in [0.15, 0.2) is 0 Å². The van der Waals surface area contributed by atoms with Crippen molar-refractivity contribution >= 4 is 27.9 Å². The third kappa shape index (κ3) is 3.03. The summed E-state index contributed by atoms with van der Waals surface area (Å²) in [5.74, 6) is -1.13. The first-order valence-electron chi connectivity index (χ1n) is 8.37. The topological polar surface area (TPSA) is 110 Å². The molecule has 0 aliphatic carbocycles. The van der Waals surface area contributed by atoms with Crippen LogP contribution in [0, 0.1) is 6.92 Å². The zero-order chi connectivity index (χ0) is 19.8. The number of carboxylic acids is 1. The number of carbonyl (C=O) groups is 1. The van der Waals surface area contributed by atoms with Crippen LogP contribution in [0.5, 0.6) is 5.75 Å². The smallest absolute Gasteiger partial charge is 0.344 e. The van der Waals surface area contributed by atoms with Gasteiger partial charge in [0.05, 0.1) is 11.5 Å². The molecule has 0 radical (unpaired) electrons. The van der Waals surface area contributed by atoms with Gasteiger partial charge in [-0.05, 0) is 31.2 Å². The zero-order valence-electron chi connectivity index (χ0n) is 14.7. The van der Waals surface area contributed by atoms with Gasteiger partial charge < -0.3 is 23.5 Å². The fourth-order valence-corrected chi connectivity index (χ4v) is 3.11. The van der Waals surface area contributed by atoms with Crippen LogP contribution in [-0.4, -0.2) is 12.6 Å². The van der Waals surface area contributed by atoms with Gasteiger partial charge in [0.1, 0.15) is 23.5 Å². The molecule has 0 aliphatic heterocycles. The van der Waals surface area contributed by atoms with Gasteiger partial charge in [0.25, 0.3) is 0 Å². The van der Waals surface area contributed by atoms with Gasteiger partial charge in [-0.3, -0.25) is 0 Å². The van der Waals surface area contributed by atoms with Gasteiger partial charge in [-0.2, -0.15) is 0 Å². The maximum absolute atomic E-state index is 12.5. The molecule has 0 amide bonds. The maximum atomic E-state index is 12.5. The van der Waals surface area contributed by atoms with Crippen LogP contribution in [0.2, 0.25) is 0 Å². The first-order chi connectivity index (χ1) is 13.4. The summed E-state index contributed by atoms with van der Waals surface area (Å²) in [5, 5.41) is 11.8. The molecule has 0 aliphatic rings. The predicted octanol–water partition coefficient (Wildman–Crippen LogP) is 2.00. The van der Waals surface area contributed by atoms with Crippen molar-refractivity contribution in [3.63, 3.8) is 0 Å². The lowest BCUT2D eigenvalue weighted by atomic mass is 10.0. The minimum absolute atomic E-state index is 0.200. The van der Waals surface area contributed by atoms with E-state index in [0.29, 0.717) is 27.5 Å². The van der Waals surface area contributed by atoms with Crippen molar-refractivity contribution in [2.75, 3.05) is 6.61 Å². The van der Waals surface area contributed by atoms with Crippen molar-refractivity contribution in [3.8, 4) is 16.9 Å². The number of hydrogen-bond donors (Lipinski definition) is 0. The Labute approximate surface area is 157 Å². The van der Waals surface area contributed by atoms with E-state index in [4.69, 9.17) is 13.6 Å². The van der Waals surface area contributed by atoms with Crippen LogP contribution in [0.3, 0.4) is 0 Å². The lowest BCUT2D eigenvalue weighted by Crippen LogP contribution is -2.29. The summed E-state index contributed by atoms with van der Waals surface area (Å²) in [4.78, 5) is 35.3. The Morgan fingerprint density at radius 2 is 1.82 bits per heavy atom. The van der Waals surface area contributed by atoms with Gasteiger partial charge in [0, 0.05) is 28.0 Å². The predicted molar refractivity (Wildman–Crippen MR) is 99.2 cm³/mol. The second-order valence-electron chi connectivity index (χ2n) is 6.19. The molecule has 4 aromatic rings. The molecule has 0 unspecified atom stereocenters. The molecule has 2 heterocycles. The molecule has 0 atom stereocenters. The largest absolute Gasteiger partial charge is 0.546 e. The standard InChI is InChI=1S/C21H14O7/c1-11-16(26-10-18(22)23)7-6-13-14(9-19(24)28-20(11)13)15-8-12-4-2-3-5-17(12)27-21(15)25/h2-9H,10H2,1H3,(H,22,23)/p-1. The minimum atomic E-state index is -1.37. The highest BCUT2D eigenvalue weighted by Crippen LogP contribution is 2.32. The summed E-state index contributed by atoms with van der Waals surface area (Å²) in [7, 11) is 0. The number of benzene rings is 2. The summed E-state index contributed by atoms with van der Waals surface area (Å²) in [5.41, 5.74) is 0.418. The molecule has 0 N–H and O–H groups in total. The second kappa shape index (κ2) is 6.70. The Kier molecular flexibility index (Phi) is 4.19. The number of para-hydroxylation sites is 1. The average Bonchev–Trinajstić information content (AvgIpc) is 2.66. The molecule has 2 aromatic heterocycles. The summed E-state index contributed by atoms with van der Waals surface area (Å²) >= 11 is 0. The molecule has 7 heteroatoms. The number of rotatable bonds is 4. The van der Waals surface area contributed by atoms with E-state index < -0.39 is 23.8 Å². The Morgan fingerprint density at radius 1 is 1.04 bits per heavy atom. The second-order valence-corrected chi connectivity index (χ2v) is 6.19. The molecule has 7 nitrogen and oxygen atoms in total. The fraction of sp³-hybridized carbons (Fsp3) is 0.0952. The maximum Gasteiger partial charge on any atom is 0.344 e. The quantitative estimate of drug-likeness (QED) is 0.500. The number of fused-ring (bicyclic) bond motifs is 2. The third-order valence-electron chi connectivity index (χ3n) is 4.39. The zero-order valence-corrected chi connectivity index (χ0v) is 14.7. The number of aliphatic carboxylic acids is 1. The number of hydrogen-bond acceptors (Lipinski definition) is 7. The van der Waals surface area contributed by atoms with Gasteiger partial charge in [0.2, 0.25) is 0 Å². The SMILES string of the molecule is Cc1c(OCC(=O)[O-])ccc2c(-c3cc4ccccc4oc3=O)cc(=O)oc12. The summed E-state index contributed by atoms with van der Waals surface area (Å²) in [6, 6.07) is 13.1. The Morgan fingerprint density at radius 3 is 2.61 bits per heavy atom. The summed E-state index contributed by atoms with van der Waals surface area (Å²) in [6.45, 7) is 0.993. The van der Waals surface area contributed by atoms with Crippen molar-refractivity contribution in [1.82, 2.24) is 0 Å².